The summed E-state index contributed by atoms with van der Waals surface area (Å²) < 4.78 is 7.76. The van der Waals surface area contributed by atoms with Gasteiger partial charge in [0, 0.05) is 24.9 Å². The van der Waals surface area contributed by atoms with Gasteiger partial charge in [0.1, 0.15) is 18.0 Å². The van der Waals surface area contributed by atoms with Crippen molar-refractivity contribution in [1.29, 1.82) is 0 Å². The third-order valence-corrected chi connectivity index (χ3v) is 6.04. The summed E-state index contributed by atoms with van der Waals surface area (Å²) >= 11 is 0. The fourth-order valence-electron chi connectivity index (χ4n) is 4.55. The molecule has 1 amide bonds. The summed E-state index contributed by atoms with van der Waals surface area (Å²) in [6, 6.07) is 18.9. The molecule has 2 atom stereocenters. The lowest BCUT2D eigenvalue weighted by molar-refractivity contribution is 0.0601. The lowest BCUT2D eigenvalue weighted by Crippen LogP contribution is -2.61. The highest BCUT2D eigenvalue weighted by molar-refractivity contribution is 5.96. The number of rotatable bonds is 1. The molecule has 2 unspecified atom stereocenters. The molecule has 7 nitrogen and oxygen atoms in total. The van der Waals surface area contributed by atoms with Crippen LogP contribution in [-0.2, 0) is 0 Å². The molecule has 7 heteroatoms. The third-order valence-electron chi connectivity index (χ3n) is 6.04. The Morgan fingerprint density at radius 1 is 1.00 bits per heavy atom. The quantitative estimate of drug-likeness (QED) is 0.659. The van der Waals surface area contributed by atoms with Gasteiger partial charge in [-0.2, -0.15) is 0 Å². The molecule has 1 N–H and O–H groups in total. The van der Waals surface area contributed by atoms with Crippen molar-refractivity contribution in [2.75, 3.05) is 18.7 Å². The molecular formula is C24H23N3O4. The number of ether oxygens (including phenoxy) is 1. The molecule has 0 aliphatic carbocycles. The van der Waals surface area contributed by atoms with Crippen molar-refractivity contribution in [3.63, 3.8) is 0 Å². The van der Waals surface area contributed by atoms with Crippen LogP contribution in [-0.4, -0.2) is 40.4 Å². The number of nitrogens with zero attached hydrogens (tertiary/aromatic N) is 3. The number of benzene rings is 2. The van der Waals surface area contributed by atoms with Crippen LogP contribution in [0.15, 0.2) is 71.7 Å². The Hall–Kier alpha value is -3.74. The van der Waals surface area contributed by atoms with Gasteiger partial charge in [-0.25, -0.2) is 0 Å². The second kappa shape index (κ2) is 7.50. The first-order valence-electron chi connectivity index (χ1n) is 10.3. The van der Waals surface area contributed by atoms with E-state index < -0.39 is 11.2 Å². The summed E-state index contributed by atoms with van der Waals surface area (Å²) in [4.78, 5) is 26.9. The highest BCUT2D eigenvalue weighted by Crippen LogP contribution is 2.39. The fraction of sp³-hybridized carbons (Fsp3) is 0.250. The molecule has 2 aromatic carbocycles. The zero-order valence-electron chi connectivity index (χ0n) is 17.1. The van der Waals surface area contributed by atoms with E-state index in [1.54, 1.807) is 22.8 Å². The largest absolute Gasteiger partial charge is 0.502 e. The fourth-order valence-corrected chi connectivity index (χ4v) is 4.55. The number of pyridine rings is 1. The van der Waals surface area contributed by atoms with Crippen molar-refractivity contribution in [2.45, 2.75) is 25.0 Å². The minimum atomic E-state index is -0.573. The van der Waals surface area contributed by atoms with Crippen LogP contribution in [0.3, 0.4) is 0 Å². The highest BCUT2D eigenvalue weighted by Gasteiger charge is 2.42. The van der Waals surface area contributed by atoms with Crippen molar-refractivity contribution in [1.82, 2.24) is 9.58 Å². The van der Waals surface area contributed by atoms with Crippen LogP contribution < -0.4 is 15.2 Å². The highest BCUT2D eigenvalue weighted by atomic mass is 16.5. The van der Waals surface area contributed by atoms with E-state index >= 15 is 0 Å². The summed E-state index contributed by atoms with van der Waals surface area (Å²) in [7, 11) is 1.72. The van der Waals surface area contributed by atoms with Crippen LogP contribution in [0, 0.1) is 0 Å². The van der Waals surface area contributed by atoms with E-state index in [9.17, 15) is 14.7 Å². The molecule has 5 rings (SSSR count). The first-order chi connectivity index (χ1) is 15.1. The van der Waals surface area contributed by atoms with Crippen molar-refractivity contribution < 1.29 is 14.6 Å². The first-order valence-corrected chi connectivity index (χ1v) is 10.3. The van der Waals surface area contributed by atoms with Gasteiger partial charge in [0.15, 0.2) is 11.4 Å². The summed E-state index contributed by atoms with van der Waals surface area (Å²) in [5.74, 6) is -0.130. The second-order valence-corrected chi connectivity index (χ2v) is 7.84. The second-order valence-electron chi connectivity index (χ2n) is 7.84. The molecule has 2 aliphatic heterocycles. The van der Waals surface area contributed by atoms with Crippen molar-refractivity contribution in [3.8, 4) is 11.5 Å². The smallest absolute Gasteiger partial charge is 0.277 e. The molecule has 0 fully saturated rings. The summed E-state index contributed by atoms with van der Waals surface area (Å²) in [6.07, 6.45) is 2.70. The Balaban J connectivity index is 1.83. The molecule has 3 heterocycles. The van der Waals surface area contributed by atoms with Crippen molar-refractivity contribution in [2.24, 2.45) is 0 Å². The van der Waals surface area contributed by atoms with Crippen molar-refractivity contribution in [3.05, 3.63) is 93.9 Å². The Labute approximate surface area is 179 Å². The van der Waals surface area contributed by atoms with Gasteiger partial charge < -0.3 is 14.7 Å². The normalized spacial score (nSPS) is 20.5. The predicted molar refractivity (Wildman–Crippen MR) is 116 cm³/mol. The molecule has 0 bridgehead atoms. The van der Waals surface area contributed by atoms with Crippen LogP contribution in [0.1, 0.15) is 40.5 Å². The Morgan fingerprint density at radius 3 is 2.55 bits per heavy atom. The monoisotopic (exact) mass is 417 g/mol. The maximum atomic E-state index is 13.2. The maximum Gasteiger partial charge on any atom is 0.277 e. The molecule has 31 heavy (non-hydrogen) atoms. The summed E-state index contributed by atoms with van der Waals surface area (Å²) in [5.41, 5.74) is 1.37. The van der Waals surface area contributed by atoms with E-state index in [0.717, 1.165) is 23.3 Å². The van der Waals surface area contributed by atoms with Gasteiger partial charge in [0.05, 0.1) is 6.61 Å². The van der Waals surface area contributed by atoms with Gasteiger partial charge >= 0.3 is 0 Å². The molecular weight excluding hydrogens is 394 g/mol. The Morgan fingerprint density at radius 2 is 1.74 bits per heavy atom. The van der Waals surface area contributed by atoms with E-state index in [2.05, 4.69) is 5.01 Å². The lowest BCUT2D eigenvalue weighted by atomic mass is 9.96. The van der Waals surface area contributed by atoms with E-state index in [0.29, 0.717) is 13.0 Å². The molecule has 158 valence electrons. The summed E-state index contributed by atoms with van der Waals surface area (Å²) in [6.45, 7) is 0.535. The molecule has 0 radical (unpaired) electrons. The molecule has 1 aromatic heterocycles. The number of aromatic nitrogens is 1. The van der Waals surface area contributed by atoms with Crippen LogP contribution in [0.2, 0.25) is 0 Å². The van der Waals surface area contributed by atoms with E-state index in [-0.39, 0.29) is 23.8 Å². The van der Waals surface area contributed by atoms with Crippen LogP contribution in [0.5, 0.6) is 11.5 Å². The van der Waals surface area contributed by atoms with E-state index in [4.69, 9.17) is 4.74 Å². The molecule has 0 saturated heterocycles. The predicted octanol–water partition coefficient (Wildman–Crippen LogP) is 2.87. The first kappa shape index (κ1) is 19.2. The number of amides is 1. The maximum absolute atomic E-state index is 13.2. The number of carbonyl (C=O) groups excluding carboxylic acids is 1. The van der Waals surface area contributed by atoms with Crippen LogP contribution in [0.25, 0.3) is 0 Å². The van der Waals surface area contributed by atoms with Gasteiger partial charge in [-0.15, -0.1) is 0 Å². The lowest BCUT2D eigenvalue weighted by Gasteiger charge is -2.48. The van der Waals surface area contributed by atoms with Crippen LogP contribution >= 0.6 is 0 Å². The Bertz CT molecular complexity index is 1190. The Kier molecular flexibility index (Phi) is 4.66. The van der Waals surface area contributed by atoms with Gasteiger partial charge in [-0.3, -0.25) is 19.3 Å². The standard InChI is InChI=1S/C24H23N3O4/c1-25-20-12-7-15-31-19-11-6-5-10-17(19)21(16-8-3-2-4-9-16)27(20)26-14-13-18(28)23(29)22(26)24(25)30/h2-6,8-11,13-14,20-21,29H,7,12,15H2,1H3. The number of aromatic hydroxyl groups is 1. The number of hydrogen-bond acceptors (Lipinski definition) is 5. The molecule has 0 spiro atoms. The van der Waals surface area contributed by atoms with Gasteiger partial charge in [0.25, 0.3) is 5.91 Å². The van der Waals surface area contributed by atoms with Gasteiger partial charge in [-0.1, -0.05) is 48.5 Å². The molecule has 0 saturated carbocycles. The van der Waals surface area contributed by atoms with E-state index in [1.807, 2.05) is 54.6 Å². The third kappa shape index (κ3) is 3.04. The number of carbonyl (C=O) groups is 1. The average molecular weight is 417 g/mol. The molecule has 2 aliphatic rings. The van der Waals surface area contributed by atoms with Crippen molar-refractivity contribution >= 4 is 5.91 Å². The minimum absolute atomic E-state index is 0.0233. The minimum Gasteiger partial charge on any atom is -0.502 e. The number of para-hydroxylation sites is 1. The molecule has 3 aromatic rings. The average Bonchev–Trinajstić information content (AvgIpc) is 2.87. The zero-order valence-corrected chi connectivity index (χ0v) is 17.1. The van der Waals surface area contributed by atoms with Gasteiger partial charge in [0.2, 0.25) is 5.43 Å². The number of fused-ring (bicyclic) bond motifs is 4. The SMILES string of the molecule is CN1C(=O)c2c(O)c(=O)ccn2N2C(c3ccccc3)c3ccccc3OCCCC12. The zero-order chi connectivity index (χ0) is 21.5. The number of hydrogen-bond donors (Lipinski definition) is 1. The van der Waals surface area contributed by atoms with Gasteiger partial charge in [-0.05, 0) is 24.5 Å². The topological polar surface area (TPSA) is 75.0 Å². The van der Waals surface area contributed by atoms with E-state index in [1.165, 1.54) is 6.07 Å². The van der Waals surface area contributed by atoms with Crippen LogP contribution in [0.4, 0.5) is 0 Å². The summed E-state index contributed by atoms with van der Waals surface area (Å²) in [5, 5.41) is 12.6.